The van der Waals surface area contributed by atoms with Crippen LogP contribution in [-0.4, -0.2) is 23.6 Å². The summed E-state index contributed by atoms with van der Waals surface area (Å²) in [5.41, 5.74) is 0. The molecule has 1 nitrogen and oxygen atoms in total. The second-order valence-corrected chi connectivity index (χ2v) is 6.94. The van der Waals surface area contributed by atoms with E-state index in [0.717, 1.165) is 17.2 Å². The van der Waals surface area contributed by atoms with Gasteiger partial charge in [-0.15, -0.1) is 0 Å². The summed E-state index contributed by atoms with van der Waals surface area (Å²) >= 11 is 2.22. The Hall–Kier alpha value is 0.310. The molecule has 1 fully saturated rings. The van der Waals surface area contributed by atoms with Crippen LogP contribution >= 0.6 is 11.8 Å². The molecule has 3 unspecified atom stereocenters. The van der Waals surface area contributed by atoms with Crippen LogP contribution < -0.4 is 5.32 Å². The minimum Gasteiger partial charge on any atom is -0.313 e. The number of rotatable bonds is 8. The summed E-state index contributed by atoms with van der Waals surface area (Å²) in [6.45, 7) is 8.20. The Labute approximate surface area is 113 Å². The van der Waals surface area contributed by atoms with Crippen molar-refractivity contribution in [3.63, 3.8) is 0 Å². The van der Waals surface area contributed by atoms with Gasteiger partial charge in [0.1, 0.15) is 0 Å². The van der Waals surface area contributed by atoms with Crippen molar-refractivity contribution in [2.75, 3.05) is 12.3 Å². The van der Waals surface area contributed by atoms with E-state index in [4.69, 9.17) is 0 Å². The molecule has 1 saturated heterocycles. The molecule has 3 atom stereocenters. The molecule has 1 rings (SSSR count). The summed E-state index contributed by atoms with van der Waals surface area (Å²) in [6.07, 6.45) is 9.68. The largest absolute Gasteiger partial charge is 0.313 e. The zero-order valence-corrected chi connectivity index (χ0v) is 12.8. The van der Waals surface area contributed by atoms with Crippen LogP contribution in [0.3, 0.4) is 0 Å². The van der Waals surface area contributed by atoms with Gasteiger partial charge in [-0.3, -0.25) is 0 Å². The van der Waals surface area contributed by atoms with E-state index in [-0.39, 0.29) is 0 Å². The molecule has 0 aromatic heterocycles. The van der Waals surface area contributed by atoms with E-state index in [9.17, 15) is 0 Å². The van der Waals surface area contributed by atoms with Crippen molar-refractivity contribution in [3.8, 4) is 0 Å². The third-order valence-corrected chi connectivity index (χ3v) is 5.27. The van der Waals surface area contributed by atoms with Gasteiger partial charge >= 0.3 is 0 Å². The van der Waals surface area contributed by atoms with Gasteiger partial charge in [0, 0.05) is 11.3 Å². The van der Waals surface area contributed by atoms with Crippen LogP contribution in [0.15, 0.2) is 0 Å². The third-order valence-electron chi connectivity index (χ3n) is 3.76. The Morgan fingerprint density at radius 3 is 2.65 bits per heavy atom. The Bertz CT molecular complexity index is 178. The van der Waals surface area contributed by atoms with Crippen LogP contribution in [0.4, 0.5) is 0 Å². The summed E-state index contributed by atoms with van der Waals surface area (Å²) in [7, 11) is 0. The highest BCUT2D eigenvalue weighted by atomic mass is 32.2. The smallest absolute Gasteiger partial charge is 0.0201 e. The maximum absolute atomic E-state index is 3.81. The van der Waals surface area contributed by atoms with Gasteiger partial charge in [0.25, 0.3) is 0 Å². The van der Waals surface area contributed by atoms with Crippen LogP contribution in [0.5, 0.6) is 0 Å². The fourth-order valence-corrected chi connectivity index (χ4v) is 4.27. The first-order valence-electron chi connectivity index (χ1n) is 7.62. The van der Waals surface area contributed by atoms with Crippen LogP contribution in [0.2, 0.25) is 0 Å². The van der Waals surface area contributed by atoms with Gasteiger partial charge in [0.05, 0.1) is 0 Å². The van der Waals surface area contributed by atoms with Gasteiger partial charge in [0.15, 0.2) is 0 Å². The maximum Gasteiger partial charge on any atom is 0.0201 e. The molecule has 1 heterocycles. The van der Waals surface area contributed by atoms with Gasteiger partial charge in [-0.1, -0.05) is 40.0 Å². The lowest BCUT2D eigenvalue weighted by Crippen LogP contribution is -2.41. The molecule has 0 amide bonds. The van der Waals surface area contributed by atoms with Gasteiger partial charge in [-0.05, 0) is 43.9 Å². The SMILES string of the molecule is CCCNC(CC(C)CCC)C1CCCCS1. The van der Waals surface area contributed by atoms with Gasteiger partial charge in [0.2, 0.25) is 0 Å². The van der Waals surface area contributed by atoms with E-state index in [0.29, 0.717) is 0 Å². The number of nitrogens with one attached hydrogen (secondary N) is 1. The minimum atomic E-state index is 0.766. The zero-order chi connectivity index (χ0) is 12.5. The van der Waals surface area contributed by atoms with E-state index in [1.165, 1.54) is 57.2 Å². The Morgan fingerprint density at radius 2 is 2.06 bits per heavy atom. The monoisotopic (exact) mass is 257 g/mol. The van der Waals surface area contributed by atoms with Crippen molar-refractivity contribution < 1.29 is 0 Å². The molecular formula is C15H31NS. The second-order valence-electron chi connectivity index (χ2n) is 5.60. The summed E-state index contributed by atoms with van der Waals surface area (Å²) in [5.74, 6) is 2.27. The maximum atomic E-state index is 3.81. The average molecular weight is 257 g/mol. The molecule has 0 bridgehead atoms. The Morgan fingerprint density at radius 1 is 1.24 bits per heavy atom. The highest BCUT2D eigenvalue weighted by Gasteiger charge is 2.24. The van der Waals surface area contributed by atoms with Crippen molar-refractivity contribution in [3.05, 3.63) is 0 Å². The lowest BCUT2D eigenvalue weighted by Gasteiger charge is -2.32. The number of thioether (sulfide) groups is 1. The fourth-order valence-electron chi connectivity index (χ4n) is 2.82. The average Bonchev–Trinajstić information content (AvgIpc) is 2.36. The highest BCUT2D eigenvalue weighted by Crippen LogP contribution is 2.30. The quantitative estimate of drug-likeness (QED) is 0.688. The first-order chi connectivity index (χ1) is 8.27. The van der Waals surface area contributed by atoms with Crippen LogP contribution in [0, 0.1) is 5.92 Å². The first kappa shape index (κ1) is 15.4. The second kappa shape index (κ2) is 9.27. The molecule has 1 N–H and O–H groups in total. The predicted molar refractivity (Wildman–Crippen MR) is 80.9 cm³/mol. The van der Waals surface area contributed by atoms with Crippen LogP contribution in [0.25, 0.3) is 0 Å². The molecule has 0 aromatic carbocycles. The van der Waals surface area contributed by atoms with Gasteiger partial charge in [-0.25, -0.2) is 0 Å². The molecule has 0 spiro atoms. The lowest BCUT2D eigenvalue weighted by molar-refractivity contribution is 0.363. The first-order valence-corrected chi connectivity index (χ1v) is 8.67. The Balaban J connectivity index is 2.40. The fraction of sp³-hybridized carbons (Fsp3) is 1.00. The summed E-state index contributed by atoms with van der Waals surface area (Å²) in [6, 6.07) is 0.766. The zero-order valence-electron chi connectivity index (χ0n) is 12.0. The number of hydrogen-bond donors (Lipinski definition) is 1. The van der Waals surface area contributed by atoms with Crippen LogP contribution in [-0.2, 0) is 0 Å². The van der Waals surface area contributed by atoms with Crippen molar-refractivity contribution in [1.29, 1.82) is 0 Å². The lowest BCUT2D eigenvalue weighted by atomic mass is 9.93. The summed E-state index contributed by atoms with van der Waals surface area (Å²) < 4.78 is 0. The van der Waals surface area contributed by atoms with E-state index in [1.54, 1.807) is 0 Å². The standard InChI is InChI=1S/C15H31NS/c1-4-8-13(3)12-14(16-10-5-2)15-9-6-7-11-17-15/h13-16H,4-12H2,1-3H3. The van der Waals surface area contributed by atoms with Crippen molar-refractivity contribution in [2.24, 2.45) is 5.92 Å². The minimum absolute atomic E-state index is 0.766. The topological polar surface area (TPSA) is 12.0 Å². The predicted octanol–water partition coefficient (Wildman–Crippen LogP) is 4.47. The van der Waals surface area contributed by atoms with Crippen LogP contribution in [0.1, 0.15) is 65.7 Å². The summed E-state index contributed by atoms with van der Waals surface area (Å²) in [4.78, 5) is 0. The van der Waals surface area contributed by atoms with Gasteiger partial charge in [-0.2, -0.15) is 11.8 Å². The van der Waals surface area contributed by atoms with Gasteiger partial charge < -0.3 is 5.32 Å². The van der Waals surface area contributed by atoms with Crippen molar-refractivity contribution in [2.45, 2.75) is 77.0 Å². The Kier molecular flexibility index (Phi) is 8.38. The normalized spacial score (nSPS) is 24.5. The molecule has 0 aromatic rings. The molecule has 1 aliphatic heterocycles. The molecule has 0 saturated carbocycles. The molecule has 17 heavy (non-hydrogen) atoms. The molecular weight excluding hydrogens is 226 g/mol. The summed E-state index contributed by atoms with van der Waals surface area (Å²) in [5, 5.41) is 4.69. The molecule has 0 radical (unpaired) electrons. The van der Waals surface area contributed by atoms with E-state index in [1.807, 2.05) is 0 Å². The number of hydrogen-bond acceptors (Lipinski definition) is 2. The molecule has 2 heteroatoms. The molecule has 102 valence electrons. The van der Waals surface area contributed by atoms with E-state index in [2.05, 4.69) is 37.8 Å². The van der Waals surface area contributed by atoms with Crippen molar-refractivity contribution >= 4 is 11.8 Å². The van der Waals surface area contributed by atoms with Crippen molar-refractivity contribution in [1.82, 2.24) is 5.32 Å². The third kappa shape index (κ3) is 6.15. The van der Waals surface area contributed by atoms with E-state index >= 15 is 0 Å². The highest BCUT2D eigenvalue weighted by molar-refractivity contribution is 8.00. The molecule has 1 aliphatic rings. The molecule has 0 aliphatic carbocycles. The van der Waals surface area contributed by atoms with E-state index < -0.39 is 0 Å².